The maximum absolute atomic E-state index is 6.42. The van der Waals surface area contributed by atoms with Crippen molar-refractivity contribution in [1.29, 1.82) is 0 Å². The van der Waals surface area contributed by atoms with Crippen molar-refractivity contribution in [1.82, 2.24) is 0 Å². The molecule has 1 atom stereocenters. The molecule has 5 heteroatoms. The second kappa shape index (κ2) is 9.09. The molecule has 32 heavy (non-hydrogen) atoms. The van der Waals surface area contributed by atoms with E-state index in [1.54, 1.807) is 0 Å². The molecule has 0 saturated carbocycles. The van der Waals surface area contributed by atoms with E-state index < -0.39 is 8.32 Å². The summed E-state index contributed by atoms with van der Waals surface area (Å²) in [6, 6.07) is 19.6. The van der Waals surface area contributed by atoms with Gasteiger partial charge in [0.05, 0.1) is 17.8 Å². The maximum atomic E-state index is 6.42. The molecule has 2 aromatic carbocycles. The van der Waals surface area contributed by atoms with Gasteiger partial charge in [0.1, 0.15) is 0 Å². The molecule has 1 fully saturated rings. The van der Waals surface area contributed by atoms with E-state index in [1.807, 2.05) is 0 Å². The van der Waals surface area contributed by atoms with Crippen LogP contribution in [0.1, 0.15) is 71.1 Å². The fraction of sp³-hybridized carbons (Fsp3) is 0.556. The van der Waals surface area contributed by atoms with Crippen LogP contribution < -0.4 is 0 Å². The summed E-state index contributed by atoms with van der Waals surface area (Å²) in [5.41, 5.74) is 3.16. The van der Waals surface area contributed by atoms with Crippen molar-refractivity contribution in [2.75, 3.05) is 0 Å². The normalized spacial score (nSPS) is 19.2. The fourth-order valence-electron chi connectivity index (χ4n) is 3.73. The lowest BCUT2D eigenvalue weighted by Gasteiger charge is -2.36. The zero-order valence-corrected chi connectivity index (χ0v) is 22.5. The van der Waals surface area contributed by atoms with Gasteiger partial charge in [-0.3, -0.25) is 0 Å². The molecule has 2 aromatic rings. The first kappa shape index (κ1) is 25.2. The van der Waals surface area contributed by atoms with Gasteiger partial charge in [0.15, 0.2) is 8.32 Å². The first-order valence-electron chi connectivity index (χ1n) is 11.9. The van der Waals surface area contributed by atoms with Crippen LogP contribution in [0.3, 0.4) is 0 Å². The Labute approximate surface area is 197 Å². The first-order valence-corrected chi connectivity index (χ1v) is 14.8. The van der Waals surface area contributed by atoms with Crippen LogP contribution in [0.15, 0.2) is 54.6 Å². The zero-order chi connectivity index (χ0) is 23.8. The van der Waals surface area contributed by atoms with Crippen LogP contribution >= 0.6 is 0 Å². The maximum Gasteiger partial charge on any atom is 0.458 e. The van der Waals surface area contributed by atoms with Gasteiger partial charge >= 0.3 is 7.12 Å². The van der Waals surface area contributed by atoms with Crippen LogP contribution in [0.25, 0.3) is 0 Å². The van der Waals surface area contributed by atoms with Crippen molar-refractivity contribution in [2.45, 2.75) is 96.6 Å². The molecular weight excluding hydrogens is 411 g/mol. The van der Waals surface area contributed by atoms with Crippen LogP contribution in [-0.4, -0.2) is 26.6 Å². The van der Waals surface area contributed by atoms with Crippen molar-refractivity contribution in [2.24, 2.45) is 0 Å². The minimum Gasteiger partial charge on any atom is -0.413 e. The van der Waals surface area contributed by atoms with Crippen molar-refractivity contribution in [3.63, 3.8) is 0 Å². The quantitative estimate of drug-likeness (QED) is 0.409. The Morgan fingerprint density at radius 3 is 1.84 bits per heavy atom. The van der Waals surface area contributed by atoms with E-state index in [0.29, 0.717) is 6.61 Å². The summed E-state index contributed by atoms with van der Waals surface area (Å²) in [7, 11) is -1.99. The van der Waals surface area contributed by atoms with Gasteiger partial charge in [-0.05, 0) is 68.8 Å². The van der Waals surface area contributed by atoms with E-state index in [0.717, 1.165) is 6.32 Å². The molecule has 3 nitrogen and oxygen atoms in total. The van der Waals surface area contributed by atoms with E-state index in [4.69, 9.17) is 13.7 Å². The number of hydrogen-bond donors (Lipinski definition) is 0. The predicted molar refractivity (Wildman–Crippen MR) is 138 cm³/mol. The fourth-order valence-corrected chi connectivity index (χ4v) is 4.69. The smallest absolute Gasteiger partial charge is 0.413 e. The summed E-state index contributed by atoms with van der Waals surface area (Å²) in [6.07, 6.45) is 0.788. The molecular formula is C27H41BO3Si. The summed E-state index contributed by atoms with van der Waals surface area (Å²) in [4.78, 5) is 0. The minimum absolute atomic E-state index is 0.209. The van der Waals surface area contributed by atoms with Crippen LogP contribution in [0.4, 0.5) is 0 Å². The first-order chi connectivity index (χ1) is 14.7. The molecule has 0 amide bonds. The predicted octanol–water partition coefficient (Wildman–Crippen LogP) is 7.43. The van der Waals surface area contributed by atoms with E-state index in [9.17, 15) is 0 Å². The van der Waals surface area contributed by atoms with Gasteiger partial charge in [-0.1, -0.05) is 75.4 Å². The highest BCUT2D eigenvalue weighted by Crippen LogP contribution is 2.41. The van der Waals surface area contributed by atoms with Gasteiger partial charge in [0.25, 0.3) is 0 Å². The van der Waals surface area contributed by atoms with Crippen molar-refractivity contribution < 1.29 is 13.7 Å². The molecule has 3 rings (SSSR count). The third-order valence-electron chi connectivity index (χ3n) is 7.72. The molecule has 1 saturated heterocycles. The highest BCUT2D eigenvalue weighted by Gasteiger charge is 2.51. The number of benzene rings is 2. The Balaban J connectivity index is 1.78. The van der Waals surface area contributed by atoms with E-state index in [1.165, 1.54) is 16.7 Å². The van der Waals surface area contributed by atoms with Gasteiger partial charge in [-0.2, -0.15) is 0 Å². The van der Waals surface area contributed by atoms with Crippen molar-refractivity contribution >= 4 is 15.4 Å². The Bertz CT molecular complexity index is 869. The largest absolute Gasteiger partial charge is 0.458 e. The molecule has 174 valence electrons. The molecule has 1 aliphatic rings. The van der Waals surface area contributed by atoms with Crippen molar-refractivity contribution in [3.8, 4) is 0 Å². The highest BCUT2D eigenvalue weighted by atomic mass is 28.4. The van der Waals surface area contributed by atoms with Crippen LogP contribution in [0.5, 0.6) is 0 Å². The molecule has 0 N–H and O–H groups in total. The number of rotatable bonds is 7. The monoisotopic (exact) mass is 452 g/mol. The van der Waals surface area contributed by atoms with Crippen LogP contribution in [0, 0.1) is 0 Å². The third-order valence-corrected chi connectivity index (χ3v) is 12.2. The molecule has 1 unspecified atom stereocenters. The molecule has 0 spiro atoms. The van der Waals surface area contributed by atoms with Crippen molar-refractivity contribution in [3.05, 3.63) is 71.3 Å². The Morgan fingerprint density at radius 1 is 0.844 bits per heavy atom. The summed E-state index contributed by atoms with van der Waals surface area (Å²) in [5, 5.41) is 0.216. The summed E-state index contributed by atoms with van der Waals surface area (Å²) >= 11 is 0. The topological polar surface area (TPSA) is 27.7 Å². The average Bonchev–Trinajstić information content (AvgIpc) is 2.91. The van der Waals surface area contributed by atoms with Crippen LogP contribution in [0.2, 0.25) is 24.5 Å². The van der Waals surface area contributed by atoms with Crippen LogP contribution in [-0.2, 0) is 20.3 Å². The number of hydrogen-bond acceptors (Lipinski definition) is 3. The zero-order valence-electron chi connectivity index (χ0n) is 21.5. The molecule has 0 aromatic heterocycles. The van der Waals surface area contributed by atoms with Gasteiger partial charge in [0.2, 0.25) is 0 Å². The summed E-state index contributed by atoms with van der Waals surface area (Å²) in [6.45, 7) is 20.6. The van der Waals surface area contributed by atoms with E-state index in [2.05, 4.69) is 116 Å². The summed E-state index contributed by atoms with van der Waals surface area (Å²) in [5.74, 6) is 0.209. The Kier molecular flexibility index (Phi) is 7.17. The Morgan fingerprint density at radius 2 is 1.34 bits per heavy atom. The van der Waals surface area contributed by atoms with E-state index >= 15 is 0 Å². The summed E-state index contributed by atoms with van der Waals surface area (Å²) < 4.78 is 19.1. The average molecular weight is 453 g/mol. The second-order valence-corrected chi connectivity index (χ2v) is 16.5. The van der Waals surface area contributed by atoms with E-state index in [-0.39, 0.29) is 29.3 Å². The lowest BCUT2D eigenvalue weighted by atomic mass is 9.72. The second-order valence-electron chi connectivity index (χ2n) is 11.7. The van der Waals surface area contributed by atoms with Gasteiger partial charge in [-0.15, -0.1) is 0 Å². The molecule has 1 heterocycles. The molecule has 0 bridgehead atoms. The minimum atomic E-state index is -1.76. The molecule has 0 radical (unpaired) electrons. The van der Waals surface area contributed by atoms with Gasteiger partial charge in [0, 0.05) is 5.92 Å². The van der Waals surface area contributed by atoms with Gasteiger partial charge < -0.3 is 13.7 Å². The highest BCUT2D eigenvalue weighted by molar-refractivity contribution is 6.74. The SMILES string of the molecule is CC1(C)OB(CC(c2ccccc2)c2ccc(CO[Si](C)(C)C(C)(C)C)cc2)OC1(C)C. The third kappa shape index (κ3) is 5.56. The molecule has 1 aliphatic heterocycles. The lowest BCUT2D eigenvalue weighted by molar-refractivity contribution is 0.00578. The Hall–Kier alpha value is -1.40. The lowest BCUT2D eigenvalue weighted by Crippen LogP contribution is -2.41. The standard InChI is InChI=1S/C27H41BO3Si/c1-25(2,3)32(8,9)29-20-21-15-17-23(18-16-21)24(22-13-11-10-12-14-22)19-28-30-26(4,5)27(6,7)31-28/h10-18,24H,19-20H2,1-9H3. The molecule has 0 aliphatic carbocycles. The van der Waals surface area contributed by atoms with Gasteiger partial charge in [-0.25, -0.2) is 0 Å².